The predicted molar refractivity (Wildman–Crippen MR) is 85.1 cm³/mol. The zero-order chi connectivity index (χ0) is 12.9. The Balaban J connectivity index is 0.00000110. The van der Waals surface area contributed by atoms with Gasteiger partial charge in [0.25, 0.3) is 0 Å². The first kappa shape index (κ1) is 18.4. The van der Waals surface area contributed by atoms with E-state index >= 15 is 0 Å². The van der Waals surface area contributed by atoms with Gasteiger partial charge in [0.1, 0.15) is 0 Å². The van der Waals surface area contributed by atoms with Crippen molar-refractivity contribution in [3.8, 4) is 0 Å². The quantitative estimate of drug-likeness (QED) is 0.407. The maximum absolute atomic E-state index is 2.23. The normalized spacial score (nSPS) is 9.57. The minimum Gasteiger partial charge on any atom is -0.0622 e. The Morgan fingerprint density at radius 2 is 0.667 bits per heavy atom. The Morgan fingerprint density at radius 3 is 0.905 bits per heavy atom. The van der Waals surface area contributed by atoms with Gasteiger partial charge in [0.2, 0.25) is 0 Å². The third kappa shape index (κ3) is 4.67. The van der Waals surface area contributed by atoms with Gasteiger partial charge >= 0.3 is 0 Å². The Bertz CT molecular complexity index is 535. The minimum atomic E-state index is -0.446. The van der Waals surface area contributed by atoms with Gasteiger partial charge < -0.3 is 0 Å². The molecule has 0 aliphatic heterocycles. The standard InChI is InChI=1S/C18H15P.Pd.Ru/c1-4-10-16(11-5-1)19(17-12-6-2-7-13-17)18-14-8-3-9-15-18;;/h1-15H;;. The Kier molecular flexibility index (Phi) is 8.25. The molecule has 0 heterocycles. The van der Waals surface area contributed by atoms with E-state index in [4.69, 9.17) is 0 Å². The molecule has 0 N–H and O–H groups in total. The van der Waals surface area contributed by atoms with Gasteiger partial charge in [0.05, 0.1) is 0 Å². The van der Waals surface area contributed by atoms with Gasteiger partial charge in [-0.05, 0) is 23.8 Å². The molecule has 0 aromatic heterocycles. The second kappa shape index (κ2) is 9.40. The summed E-state index contributed by atoms with van der Waals surface area (Å²) in [6.45, 7) is 0. The molecule has 3 rings (SSSR count). The van der Waals surface area contributed by atoms with Crippen LogP contribution < -0.4 is 15.9 Å². The van der Waals surface area contributed by atoms with E-state index in [-0.39, 0.29) is 39.9 Å². The van der Waals surface area contributed by atoms with Gasteiger partial charge in [0, 0.05) is 39.9 Å². The fourth-order valence-corrected chi connectivity index (χ4v) is 4.48. The second-order valence-corrected chi connectivity index (χ2v) is 6.56. The third-order valence-electron chi connectivity index (χ3n) is 3.04. The number of benzene rings is 3. The Morgan fingerprint density at radius 1 is 0.429 bits per heavy atom. The zero-order valence-corrected chi connectivity index (χ0v) is 15.5. The van der Waals surface area contributed by atoms with E-state index in [1.807, 2.05) is 0 Å². The summed E-state index contributed by atoms with van der Waals surface area (Å²) in [5, 5.41) is 4.19. The van der Waals surface area contributed by atoms with Crippen molar-refractivity contribution in [2.45, 2.75) is 0 Å². The van der Waals surface area contributed by atoms with Crippen molar-refractivity contribution in [2.75, 3.05) is 0 Å². The SMILES string of the molecule is [Pd].[Ru].c1ccc(P(c2ccccc2)c2ccccc2)cc1. The fourth-order valence-electron chi connectivity index (χ4n) is 2.18. The molecule has 0 unspecified atom stereocenters. The van der Waals surface area contributed by atoms with Crippen LogP contribution in [0.1, 0.15) is 0 Å². The topological polar surface area (TPSA) is 0 Å². The van der Waals surface area contributed by atoms with Gasteiger partial charge in [0.15, 0.2) is 0 Å². The summed E-state index contributed by atoms with van der Waals surface area (Å²) in [5.41, 5.74) is 0. The van der Waals surface area contributed by atoms with Crippen LogP contribution in [0.5, 0.6) is 0 Å². The minimum absolute atomic E-state index is 0. The molecule has 3 heteroatoms. The van der Waals surface area contributed by atoms with Crippen molar-refractivity contribution < 1.29 is 39.9 Å². The largest absolute Gasteiger partial charge is 0.0622 e. The van der Waals surface area contributed by atoms with Crippen LogP contribution in [-0.4, -0.2) is 0 Å². The van der Waals surface area contributed by atoms with E-state index in [0.29, 0.717) is 0 Å². The molecule has 0 saturated carbocycles. The van der Waals surface area contributed by atoms with Crippen LogP contribution in [0.15, 0.2) is 91.0 Å². The van der Waals surface area contributed by atoms with Crippen molar-refractivity contribution in [1.29, 1.82) is 0 Å². The van der Waals surface area contributed by atoms with Crippen molar-refractivity contribution >= 4 is 23.8 Å². The predicted octanol–water partition coefficient (Wildman–Crippen LogP) is 3.44. The maximum Gasteiger partial charge on any atom is 0 e. The first-order chi connectivity index (χ1) is 9.45. The number of rotatable bonds is 3. The molecule has 21 heavy (non-hydrogen) atoms. The molecule has 0 amide bonds. The molecule has 3 aromatic carbocycles. The van der Waals surface area contributed by atoms with E-state index < -0.39 is 7.92 Å². The van der Waals surface area contributed by atoms with Gasteiger partial charge in [-0.15, -0.1) is 0 Å². The fraction of sp³-hybridized carbons (Fsp3) is 0. The van der Waals surface area contributed by atoms with Crippen LogP contribution in [-0.2, 0) is 39.9 Å². The smallest absolute Gasteiger partial charge is 0 e. The first-order valence-corrected chi connectivity index (χ1v) is 7.74. The Hall–Kier alpha value is -0.624. The summed E-state index contributed by atoms with van der Waals surface area (Å²) >= 11 is 0. The van der Waals surface area contributed by atoms with Crippen LogP contribution in [0.25, 0.3) is 0 Å². The monoisotopic (exact) mass is 470 g/mol. The molecule has 0 saturated heterocycles. The summed E-state index contributed by atoms with van der Waals surface area (Å²) in [4.78, 5) is 0. The van der Waals surface area contributed by atoms with Crippen LogP contribution >= 0.6 is 7.92 Å². The Labute approximate surface area is 154 Å². The molecule has 0 fully saturated rings. The van der Waals surface area contributed by atoms with E-state index in [1.165, 1.54) is 15.9 Å². The van der Waals surface area contributed by atoms with E-state index in [1.54, 1.807) is 0 Å². The molecule has 0 bridgehead atoms. The molecular formula is C18H15PPdRu. The second-order valence-electron chi connectivity index (χ2n) is 4.34. The van der Waals surface area contributed by atoms with Gasteiger partial charge in [-0.3, -0.25) is 0 Å². The third-order valence-corrected chi connectivity index (χ3v) is 5.49. The average Bonchev–Trinajstić information content (AvgIpc) is 2.51. The molecule has 110 valence electrons. The summed E-state index contributed by atoms with van der Waals surface area (Å²) in [5.74, 6) is 0. The van der Waals surface area contributed by atoms with E-state index in [2.05, 4.69) is 91.0 Å². The van der Waals surface area contributed by atoms with Gasteiger partial charge in [-0.2, -0.15) is 0 Å². The number of hydrogen-bond acceptors (Lipinski definition) is 0. The van der Waals surface area contributed by atoms with Crippen molar-refractivity contribution in [1.82, 2.24) is 0 Å². The van der Waals surface area contributed by atoms with E-state index in [9.17, 15) is 0 Å². The maximum atomic E-state index is 2.23. The molecule has 0 spiro atoms. The molecule has 3 aromatic rings. The molecule has 0 radical (unpaired) electrons. The van der Waals surface area contributed by atoms with Crippen LogP contribution in [0.3, 0.4) is 0 Å². The summed E-state index contributed by atoms with van der Waals surface area (Å²) in [6, 6.07) is 32.3. The van der Waals surface area contributed by atoms with Crippen LogP contribution in [0.2, 0.25) is 0 Å². The molecule has 0 aliphatic carbocycles. The average molecular weight is 470 g/mol. The zero-order valence-electron chi connectivity index (χ0n) is 11.3. The number of hydrogen-bond donors (Lipinski definition) is 0. The summed E-state index contributed by atoms with van der Waals surface area (Å²) < 4.78 is 0. The van der Waals surface area contributed by atoms with Crippen molar-refractivity contribution in [3.63, 3.8) is 0 Å². The van der Waals surface area contributed by atoms with Gasteiger partial charge in [-0.25, -0.2) is 0 Å². The molecule has 0 aliphatic rings. The summed E-state index contributed by atoms with van der Waals surface area (Å²) in [6.07, 6.45) is 0. The molecular weight excluding hydrogens is 455 g/mol. The molecule has 0 nitrogen and oxygen atoms in total. The van der Waals surface area contributed by atoms with Crippen molar-refractivity contribution in [3.05, 3.63) is 91.0 Å². The van der Waals surface area contributed by atoms with Gasteiger partial charge in [-0.1, -0.05) is 91.0 Å². The summed E-state index contributed by atoms with van der Waals surface area (Å²) in [7, 11) is -0.446. The van der Waals surface area contributed by atoms with Crippen molar-refractivity contribution in [2.24, 2.45) is 0 Å². The van der Waals surface area contributed by atoms with E-state index in [0.717, 1.165) is 0 Å². The van der Waals surface area contributed by atoms with Crippen LogP contribution in [0.4, 0.5) is 0 Å². The first-order valence-electron chi connectivity index (χ1n) is 6.40. The van der Waals surface area contributed by atoms with Crippen LogP contribution in [0, 0.1) is 0 Å². The molecule has 0 atom stereocenters.